The third-order valence-electron chi connectivity index (χ3n) is 2.27. The highest BCUT2D eigenvalue weighted by molar-refractivity contribution is 7.09. The number of aromatic nitrogens is 1. The van der Waals surface area contributed by atoms with E-state index in [1.54, 1.807) is 0 Å². The third-order valence-corrected chi connectivity index (χ3v) is 3.19. The molecule has 96 valence electrons. The second kappa shape index (κ2) is 8.16. The molecule has 0 unspecified atom stereocenters. The minimum atomic E-state index is -0.0112. The first kappa shape index (κ1) is 14.1. The Bertz CT molecular complexity index is 341. The smallest absolute Gasteiger partial charge is 0.226 e. The summed E-state index contributed by atoms with van der Waals surface area (Å²) in [5.41, 5.74) is 6.23. The van der Waals surface area contributed by atoms with Crippen molar-refractivity contribution in [2.45, 2.75) is 32.2 Å². The van der Waals surface area contributed by atoms with E-state index in [0.29, 0.717) is 19.5 Å². The number of aliphatic hydroxyl groups is 1. The molecule has 5 nitrogen and oxygen atoms in total. The molecule has 1 rings (SSSR count). The zero-order valence-electron chi connectivity index (χ0n) is 9.82. The average Bonchev–Trinajstić information content (AvgIpc) is 2.76. The van der Waals surface area contributed by atoms with E-state index >= 15 is 0 Å². The molecule has 1 aromatic rings. The Morgan fingerprint density at radius 2 is 2.29 bits per heavy atom. The molecule has 0 saturated heterocycles. The van der Waals surface area contributed by atoms with Gasteiger partial charge in [-0.2, -0.15) is 0 Å². The zero-order chi connectivity index (χ0) is 12.5. The van der Waals surface area contributed by atoms with Gasteiger partial charge in [0.05, 0.1) is 12.1 Å². The first-order valence-electron chi connectivity index (χ1n) is 5.77. The fourth-order valence-corrected chi connectivity index (χ4v) is 2.07. The van der Waals surface area contributed by atoms with Crippen LogP contribution in [0.5, 0.6) is 0 Å². The van der Waals surface area contributed by atoms with Crippen molar-refractivity contribution in [2.75, 3.05) is 13.2 Å². The van der Waals surface area contributed by atoms with Crippen LogP contribution in [0.25, 0.3) is 0 Å². The average molecular weight is 257 g/mol. The standard InChI is InChI=1S/C11H19N3O2S/c12-7-11-14-9(8-17-11)6-10(16)13-4-2-1-3-5-15/h8,15H,1-7,12H2,(H,13,16). The Labute approximate surface area is 105 Å². The molecular formula is C11H19N3O2S. The topological polar surface area (TPSA) is 88.2 Å². The third kappa shape index (κ3) is 5.76. The molecule has 0 atom stereocenters. The highest BCUT2D eigenvalue weighted by atomic mass is 32.1. The van der Waals surface area contributed by atoms with Crippen LogP contribution >= 0.6 is 11.3 Å². The van der Waals surface area contributed by atoms with Crippen molar-refractivity contribution in [2.24, 2.45) is 5.73 Å². The molecule has 0 radical (unpaired) electrons. The van der Waals surface area contributed by atoms with E-state index in [4.69, 9.17) is 10.8 Å². The maximum atomic E-state index is 11.5. The maximum absolute atomic E-state index is 11.5. The summed E-state index contributed by atoms with van der Waals surface area (Å²) in [5.74, 6) is -0.0112. The first-order chi connectivity index (χ1) is 8.26. The molecule has 0 saturated carbocycles. The SMILES string of the molecule is NCc1nc(CC(=O)NCCCCCO)cs1. The predicted octanol–water partition coefficient (Wildman–Crippen LogP) is 0.423. The lowest BCUT2D eigenvalue weighted by Crippen LogP contribution is -2.26. The molecule has 1 heterocycles. The highest BCUT2D eigenvalue weighted by Gasteiger charge is 2.06. The van der Waals surface area contributed by atoms with Crippen molar-refractivity contribution < 1.29 is 9.90 Å². The second-order valence-corrected chi connectivity index (χ2v) is 4.69. The van der Waals surface area contributed by atoms with Crippen molar-refractivity contribution in [3.8, 4) is 0 Å². The fraction of sp³-hybridized carbons (Fsp3) is 0.636. The van der Waals surface area contributed by atoms with Crippen LogP contribution in [-0.4, -0.2) is 29.1 Å². The molecule has 0 fully saturated rings. The number of nitrogens with two attached hydrogens (primary N) is 1. The monoisotopic (exact) mass is 257 g/mol. The van der Waals surface area contributed by atoms with Crippen LogP contribution in [0, 0.1) is 0 Å². The van der Waals surface area contributed by atoms with Gasteiger partial charge in [-0.05, 0) is 19.3 Å². The molecule has 0 aliphatic heterocycles. The van der Waals surface area contributed by atoms with Gasteiger partial charge < -0.3 is 16.2 Å². The van der Waals surface area contributed by atoms with Gasteiger partial charge in [-0.25, -0.2) is 4.98 Å². The van der Waals surface area contributed by atoms with Crippen LogP contribution in [0.3, 0.4) is 0 Å². The Morgan fingerprint density at radius 1 is 1.47 bits per heavy atom. The number of carbonyl (C=O) groups is 1. The lowest BCUT2D eigenvalue weighted by atomic mass is 10.2. The molecule has 17 heavy (non-hydrogen) atoms. The number of carbonyl (C=O) groups excluding carboxylic acids is 1. The van der Waals surface area contributed by atoms with Crippen LogP contribution in [0.4, 0.5) is 0 Å². The van der Waals surface area contributed by atoms with Crippen LogP contribution in [0.2, 0.25) is 0 Å². The highest BCUT2D eigenvalue weighted by Crippen LogP contribution is 2.09. The molecule has 0 spiro atoms. The van der Waals surface area contributed by atoms with E-state index < -0.39 is 0 Å². The van der Waals surface area contributed by atoms with Crippen molar-refractivity contribution in [1.29, 1.82) is 0 Å². The predicted molar refractivity (Wildman–Crippen MR) is 67.7 cm³/mol. The van der Waals surface area contributed by atoms with E-state index in [1.807, 2.05) is 5.38 Å². The first-order valence-corrected chi connectivity index (χ1v) is 6.65. The molecular weight excluding hydrogens is 238 g/mol. The van der Waals surface area contributed by atoms with Gasteiger partial charge in [-0.3, -0.25) is 4.79 Å². The lowest BCUT2D eigenvalue weighted by molar-refractivity contribution is -0.120. The number of nitrogens with zero attached hydrogens (tertiary/aromatic N) is 1. The maximum Gasteiger partial charge on any atom is 0.226 e. The number of hydrogen-bond acceptors (Lipinski definition) is 5. The Balaban J connectivity index is 2.16. The van der Waals surface area contributed by atoms with Crippen LogP contribution in [0.1, 0.15) is 30.0 Å². The zero-order valence-corrected chi connectivity index (χ0v) is 10.6. The van der Waals surface area contributed by atoms with Gasteiger partial charge in [0.15, 0.2) is 0 Å². The van der Waals surface area contributed by atoms with E-state index in [-0.39, 0.29) is 12.5 Å². The molecule has 0 aromatic carbocycles. The summed E-state index contributed by atoms with van der Waals surface area (Å²) in [4.78, 5) is 15.7. The molecule has 0 aliphatic carbocycles. The summed E-state index contributed by atoms with van der Waals surface area (Å²) in [5, 5.41) is 14.1. The molecule has 4 N–H and O–H groups in total. The fourth-order valence-electron chi connectivity index (χ4n) is 1.39. The van der Waals surface area contributed by atoms with Gasteiger partial charge in [0.2, 0.25) is 5.91 Å². The van der Waals surface area contributed by atoms with E-state index in [2.05, 4.69) is 10.3 Å². The Morgan fingerprint density at radius 3 is 2.94 bits per heavy atom. The quantitative estimate of drug-likeness (QED) is 0.589. The lowest BCUT2D eigenvalue weighted by Gasteiger charge is -2.03. The summed E-state index contributed by atoms with van der Waals surface area (Å²) in [6, 6.07) is 0. The number of amides is 1. The molecule has 0 bridgehead atoms. The van der Waals surface area contributed by atoms with Crippen molar-refractivity contribution in [3.63, 3.8) is 0 Å². The minimum absolute atomic E-state index is 0.0112. The number of aliphatic hydroxyl groups excluding tert-OH is 1. The van der Waals surface area contributed by atoms with Crippen molar-refractivity contribution in [3.05, 3.63) is 16.1 Å². The minimum Gasteiger partial charge on any atom is -0.396 e. The second-order valence-electron chi connectivity index (χ2n) is 3.75. The van der Waals surface area contributed by atoms with Gasteiger partial charge in [0, 0.05) is 25.1 Å². The van der Waals surface area contributed by atoms with E-state index in [9.17, 15) is 4.79 Å². The van der Waals surface area contributed by atoms with Crippen LogP contribution in [-0.2, 0) is 17.8 Å². The van der Waals surface area contributed by atoms with Crippen molar-refractivity contribution >= 4 is 17.2 Å². The van der Waals surface area contributed by atoms with Gasteiger partial charge in [0.25, 0.3) is 0 Å². The Kier molecular flexibility index (Phi) is 6.76. The number of thiazole rings is 1. The van der Waals surface area contributed by atoms with Gasteiger partial charge >= 0.3 is 0 Å². The van der Waals surface area contributed by atoms with Crippen LogP contribution < -0.4 is 11.1 Å². The summed E-state index contributed by atoms with van der Waals surface area (Å²) in [6.07, 6.45) is 2.94. The summed E-state index contributed by atoms with van der Waals surface area (Å²) >= 11 is 1.48. The van der Waals surface area contributed by atoms with E-state index in [1.165, 1.54) is 11.3 Å². The number of hydrogen-bond donors (Lipinski definition) is 3. The number of unbranched alkanes of at least 4 members (excludes halogenated alkanes) is 2. The Hall–Kier alpha value is -0.980. The number of rotatable bonds is 8. The molecule has 1 aromatic heterocycles. The summed E-state index contributed by atoms with van der Waals surface area (Å²) in [7, 11) is 0. The normalized spacial score (nSPS) is 10.5. The summed E-state index contributed by atoms with van der Waals surface area (Å²) < 4.78 is 0. The van der Waals surface area contributed by atoms with Crippen LogP contribution in [0.15, 0.2) is 5.38 Å². The van der Waals surface area contributed by atoms with Gasteiger partial charge in [0.1, 0.15) is 5.01 Å². The van der Waals surface area contributed by atoms with E-state index in [0.717, 1.165) is 30.0 Å². The molecule has 0 aliphatic rings. The number of nitrogens with one attached hydrogen (secondary N) is 1. The summed E-state index contributed by atoms with van der Waals surface area (Å²) in [6.45, 7) is 1.30. The van der Waals surface area contributed by atoms with Crippen molar-refractivity contribution in [1.82, 2.24) is 10.3 Å². The van der Waals surface area contributed by atoms with Gasteiger partial charge in [-0.15, -0.1) is 11.3 Å². The largest absolute Gasteiger partial charge is 0.396 e. The molecule has 6 heteroatoms. The van der Waals surface area contributed by atoms with Gasteiger partial charge in [-0.1, -0.05) is 0 Å². The molecule has 1 amide bonds.